The van der Waals surface area contributed by atoms with Crippen molar-refractivity contribution in [3.8, 4) is 0 Å². The Balaban J connectivity index is 2.51. The van der Waals surface area contributed by atoms with E-state index in [1.54, 1.807) is 12.1 Å². The Morgan fingerprint density at radius 1 is 1.38 bits per heavy atom. The van der Waals surface area contributed by atoms with Crippen LogP contribution in [0.1, 0.15) is 32.3 Å². The molecule has 0 nitrogen and oxygen atoms in total. The second kappa shape index (κ2) is 6.61. The molecule has 0 saturated heterocycles. The molecule has 0 radical (unpaired) electrons. The summed E-state index contributed by atoms with van der Waals surface area (Å²) in [7, 11) is 0. The maximum Gasteiger partial charge on any atom is 0.126 e. The van der Waals surface area contributed by atoms with Crippen molar-refractivity contribution in [1.29, 1.82) is 0 Å². The molecule has 0 aliphatic carbocycles. The maximum absolute atomic E-state index is 13.4. The van der Waals surface area contributed by atoms with Gasteiger partial charge in [0.05, 0.1) is 0 Å². The van der Waals surface area contributed by atoms with Crippen molar-refractivity contribution >= 4 is 27.5 Å². The number of rotatable bonds is 5. The van der Waals surface area contributed by atoms with Crippen LogP contribution in [-0.2, 0) is 6.42 Å². The lowest BCUT2D eigenvalue weighted by molar-refractivity contribution is 0.546. The van der Waals surface area contributed by atoms with Gasteiger partial charge in [0.25, 0.3) is 0 Å². The molecule has 0 bridgehead atoms. The van der Waals surface area contributed by atoms with Gasteiger partial charge in [-0.3, -0.25) is 0 Å². The quantitative estimate of drug-likeness (QED) is 0.654. The van der Waals surface area contributed by atoms with Gasteiger partial charge in [-0.1, -0.05) is 41.4 Å². The van der Waals surface area contributed by atoms with Crippen LogP contribution >= 0.6 is 27.5 Å². The lowest BCUT2D eigenvalue weighted by Gasteiger charge is -2.12. The van der Waals surface area contributed by atoms with E-state index in [1.165, 1.54) is 6.07 Å². The Kier molecular flexibility index (Phi) is 5.77. The molecule has 0 aliphatic rings. The van der Waals surface area contributed by atoms with Crippen molar-refractivity contribution < 1.29 is 4.39 Å². The third-order valence-electron chi connectivity index (χ3n) is 2.46. The van der Waals surface area contributed by atoms with Gasteiger partial charge in [0.2, 0.25) is 0 Å². The van der Waals surface area contributed by atoms with Crippen LogP contribution in [0.15, 0.2) is 18.2 Å². The van der Waals surface area contributed by atoms with E-state index in [9.17, 15) is 4.39 Å². The van der Waals surface area contributed by atoms with Gasteiger partial charge in [-0.2, -0.15) is 0 Å². The molecule has 90 valence electrons. The fourth-order valence-electron chi connectivity index (χ4n) is 1.68. The topological polar surface area (TPSA) is 0 Å². The highest BCUT2D eigenvalue weighted by Gasteiger charge is 2.09. The zero-order chi connectivity index (χ0) is 12.1. The molecule has 0 N–H and O–H groups in total. The Morgan fingerprint density at radius 2 is 2.06 bits per heavy atom. The predicted octanol–water partition coefficient (Wildman–Crippen LogP) is 5.22. The normalized spacial score (nSPS) is 13.1. The van der Waals surface area contributed by atoms with Gasteiger partial charge in [-0.05, 0) is 48.9 Å². The predicted molar refractivity (Wildman–Crippen MR) is 71.9 cm³/mol. The van der Waals surface area contributed by atoms with Gasteiger partial charge in [0, 0.05) is 9.85 Å². The van der Waals surface area contributed by atoms with Crippen molar-refractivity contribution in [3.63, 3.8) is 0 Å². The Bertz CT molecular complexity index is 339. The molecule has 1 unspecified atom stereocenters. The molecular weight excluding hydrogens is 290 g/mol. The number of hydrogen-bond donors (Lipinski definition) is 0. The van der Waals surface area contributed by atoms with Crippen LogP contribution in [-0.4, -0.2) is 4.83 Å². The number of alkyl halides is 1. The second-order valence-electron chi connectivity index (χ2n) is 4.50. The average molecular weight is 308 g/mol. The van der Waals surface area contributed by atoms with E-state index in [4.69, 9.17) is 11.6 Å². The van der Waals surface area contributed by atoms with Crippen molar-refractivity contribution in [2.24, 2.45) is 5.92 Å². The molecule has 16 heavy (non-hydrogen) atoms. The summed E-state index contributed by atoms with van der Waals surface area (Å²) in [5, 5.41) is 0.603. The first-order valence-corrected chi connectivity index (χ1v) is 6.86. The summed E-state index contributed by atoms with van der Waals surface area (Å²) in [5.41, 5.74) is 0.709. The molecule has 1 atom stereocenters. The van der Waals surface area contributed by atoms with Gasteiger partial charge in [-0.25, -0.2) is 4.39 Å². The smallest absolute Gasteiger partial charge is 0.126 e. The summed E-state index contributed by atoms with van der Waals surface area (Å²) in [4.78, 5) is 0.450. The summed E-state index contributed by atoms with van der Waals surface area (Å²) in [6, 6.07) is 4.73. The van der Waals surface area contributed by atoms with E-state index in [-0.39, 0.29) is 5.82 Å². The SMILES string of the molecule is CC(C)CC(Br)CCc1cc(Cl)ccc1F. The minimum Gasteiger partial charge on any atom is -0.207 e. The number of benzene rings is 1. The summed E-state index contributed by atoms with van der Waals surface area (Å²) in [6.07, 6.45) is 2.78. The van der Waals surface area contributed by atoms with E-state index >= 15 is 0 Å². The Labute approximate surface area is 110 Å². The van der Waals surface area contributed by atoms with Crippen LogP contribution in [0.5, 0.6) is 0 Å². The number of halogens is 3. The Morgan fingerprint density at radius 3 is 2.69 bits per heavy atom. The molecular formula is C13H17BrClF. The summed E-state index contributed by atoms with van der Waals surface area (Å²) in [6.45, 7) is 4.38. The van der Waals surface area contributed by atoms with Crippen molar-refractivity contribution in [2.75, 3.05) is 0 Å². The molecule has 0 heterocycles. The van der Waals surface area contributed by atoms with Crippen LogP contribution in [0.25, 0.3) is 0 Å². The number of hydrogen-bond acceptors (Lipinski definition) is 0. The average Bonchev–Trinajstić information content (AvgIpc) is 2.18. The highest BCUT2D eigenvalue weighted by atomic mass is 79.9. The monoisotopic (exact) mass is 306 g/mol. The van der Waals surface area contributed by atoms with Crippen LogP contribution < -0.4 is 0 Å². The lowest BCUT2D eigenvalue weighted by atomic mass is 10.0. The van der Waals surface area contributed by atoms with Crippen LogP contribution in [0.2, 0.25) is 5.02 Å². The molecule has 1 aromatic carbocycles. The molecule has 0 amide bonds. The molecule has 1 aromatic rings. The van der Waals surface area contributed by atoms with Crippen LogP contribution in [0.4, 0.5) is 4.39 Å². The van der Waals surface area contributed by atoms with Crippen LogP contribution in [0.3, 0.4) is 0 Å². The summed E-state index contributed by atoms with van der Waals surface area (Å²) < 4.78 is 13.4. The molecule has 1 rings (SSSR count). The van der Waals surface area contributed by atoms with Gasteiger partial charge >= 0.3 is 0 Å². The van der Waals surface area contributed by atoms with E-state index in [1.807, 2.05) is 0 Å². The molecule has 3 heteroatoms. The molecule has 0 aliphatic heterocycles. The highest BCUT2D eigenvalue weighted by molar-refractivity contribution is 9.09. The van der Waals surface area contributed by atoms with E-state index in [0.29, 0.717) is 21.3 Å². The molecule has 0 aromatic heterocycles. The zero-order valence-electron chi connectivity index (χ0n) is 9.64. The molecule has 0 saturated carbocycles. The molecule has 0 spiro atoms. The van der Waals surface area contributed by atoms with Gasteiger partial charge in [0.15, 0.2) is 0 Å². The van der Waals surface area contributed by atoms with Crippen molar-refractivity contribution in [3.05, 3.63) is 34.6 Å². The lowest BCUT2D eigenvalue weighted by Crippen LogP contribution is -2.05. The summed E-state index contributed by atoms with van der Waals surface area (Å²) in [5.74, 6) is 0.502. The minimum atomic E-state index is -0.159. The number of aryl methyl sites for hydroxylation is 1. The summed E-state index contributed by atoms with van der Waals surface area (Å²) >= 11 is 9.46. The fraction of sp³-hybridized carbons (Fsp3) is 0.538. The van der Waals surface area contributed by atoms with Gasteiger partial charge in [-0.15, -0.1) is 0 Å². The maximum atomic E-state index is 13.4. The largest absolute Gasteiger partial charge is 0.207 e. The zero-order valence-corrected chi connectivity index (χ0v) is 12.0. The minimum absolute atomic E-state index is 0.159. The van der Waals surface area contributed by atoms with Crippen molar-refractivity contribution in [2.45, 2.75) is 37.9 Å². The van der Waals surface area contributed by atoms with Crippen molar-refractivity contribution in [1.82, 2.24) is 0 Å². The van der Waals surface area contributed by atoms with E-state index in [0.717, 1.165) is 19.3 Å². The van der Waals surface area contributed by atoms with Crippen LogP contribution in [0, 0.1) is 11.7 Å². The highest BCUT2D eigenvalue weighted by Crippen LogP contribution is 2.21. The first-order chi connectivity index (χ1) is 7.49. The third-order valence-corrected chi connectivity index (χ3v) is 3.53. The molecule has 0 fully saturated rings. The first-order valence-electron chi connectivity index (χ1n) is 5.57. The standard InChI is InChI=1S/C13H17BrClF/c1-9(2)7-11(14)4-3-10-8-12(15)5-6-13(10)16/h5-6,8-9,11H,3-4,7H2,1-2H3. The second-order valence-corrected chi connectivity index (χ2v) is 6.23. The fourth-order valence-corrected chi connectivity index (χ4v) is 2.85. The third kappa shape index (κ3) is 4.84. The van der Waals surface area contributed by atoms with E-state index in [2.05, 4.69) is 29.8 Å². The first kappa shape index (κ1) is 14.0. The van der Waals surface area contributed by atoms with Gasteiger partial charge < -0.3 is 0 Å². The van der Waals surface area contributed by atoms with E-state index < -0.39 is 0 Å². The Hall–Kier alpha value is -0.0800. The van der Waals surface area contributed by atoms with Gasteiger partial charge in [0.1, 0.15) is 5.82 Å².